The largest absolute Gasteiger partial charge is 0.307 e. The van der Waals surface area contributed by atoms with E-state index in [0.29, 0.717) is 17.1 Å². The maximum atomic E-state index is 12.9. The number of halogens is 1. The van der Waals surface area contributed by atoms with Crippen LogP contribution in [0.2, 0.25) is 0 Å². The zero-order valence-corrected chi connectivity index (χ0v) is 10.6. The summed E-state index contributed by atoms with van der Waals surface area (Å²) in [5.41, 5.74) is 1.00. The fourth-order valence-corrected chi connectivity index (χ4v) is 1.59. The molecule has 0 amide bonds. The van der Waals surface area contributed by atoms with E-state index in [1.54, 1.807) is 12.1 Å². The normalized spacial score (nSPS) is 11.6. The Morgan fingerprint density at radius 3 is 2.33 bits per heavy atom. The molecule has 1 aromatic heterocycles. The number of aromatic amines is 1. The quantitative estimate of drug-likeness (QED) is 0.841. The van der Waals surface area contributed by atoms with Crippen molar-refractivity contribution in [3.05, 3.63) is 52.2 Å². The summed E-state index contributed by atoms with van der Waals surface area (Å²) in [7, 11) is 0. The second kappa shape index (κ2) is 4.37. The number of hydrogen-bond acceptors (Lipinski definition) is 2. The smallest absolute Gasteiger partial charge is 0.251 e. The third-order valence-corrected chi connectivity index (χ3v) is 2.63. The second-order valence-corrected chi connectivity index (χ2v) is 5.24. The highest BCUT2D eigenvalue weighted by atomic mass is 19.1. The van der Waals surface area contributed by atoms with Gasteiger partial charge in [-0.3, -0.25) is 4.79 Å². The number of benzene rings is 1. The third kappa shape index (κ3) is 2.64. The van der Waals surface area contributed by atoms with Crippen LogP contribution < -0.4 is 5.56 Å². The Hall–Kier alpha value is -1.97. The first-order chi connectivity index (χ1) is 8.36. The van der Waals surface area contributed by atoms with Gasteiger partial charge in [-0.05, 0) is 24.3 Å². The van der Waals surface area contributed by atoms with E-state index in [2.05, 4.69) is 9.97 Å². The molecule has 0 atom stereocenters. The second-order valence-electron chi connectivity index (χ2n) is 5.24. The molecule has 0 saturated heterocycles. The number of H-pyrrole nitrogens is 1. The molecule has 94 valence electrons. The fraction of sp³-hybridized carbons (Fsp3) is 0.286. The number of hydrogen-bond donors (Lipinski definition) is 1. The molecule has 0 fully saturated rings. The van der Waals surface area contributed by atoms with Gasteiger partial charge in [0.2, 0.25) is 0 Å². The molecule has 0 spiro atoms. The van der Waals surface area contributed by atoms with E-state index in [1.165, 1.54) is 18.2 Å². The lowest BCUT2D eigenvalue weighted by Gasteiger charge is -2.17. The Morgan fingerprint density at radius 2 is 1.78 bits per heavy atom. The lowest BCUT2D eigenvalue weighted by Crippen LogP contribution is -2.19. The van der Waals surface area contributed by atoms with Crippen molar-refractivity contribution in [3.63, 3.8) is 0 Å². The number of aromatic nitrogens is 2. The van der Waals surface area contributed by atoms with Crippen molar-refractivity contribution in [2.75, 3.05) is 0 Å². The summed E-state index contributed by atoms with van der Waals surface area (Å²) in [4.78, 5) is 18.7. The van der Waals surface area contributed by atoms with Crippen molar-refractivity contribution in [2.45, 2.75) is 26.2 Å². The van der Waals surface area contributed by atoms with Crippen molar-refractivity contribution in [1.82, 2.24) is 9.97 Å². The zero-order valence-electron chi connectivity index (χ0n) is 10.6. The zero-order chi connectivity index (χ0) is 13.3. The van der Waals surface area contributed by atoms with Gasteiger partial charge in [0.15, 0.2) is 0 Å². The molecule has 0 radical (unpaired) electrons. The minimum Gasteiger partial charge on any atom is -0.307 e. The maximum Gasteiger partial charge on any atom is 0.251 e. The molecule has 1 aromatic carbocycles. The fourth-order valence-electron chi connectivity index (χ4n) is 1.59. The first-order valence-corrected chi connectivity index (χ1v) is 5.74. The van der Waals surface area contributed by atoms with E-state index in [-0.39, 0.29) is 16.8 Å². The maximum absolute atomic E-state index is 12.9. The highest BCUT2D eigenvalue weighted by molar-refractivity contribution is 5.54. The topological polar surface area (TPSA) is 45.8 Å². The van der Waals surface area contributed by atoms with Gasteiger partial charge in [0.05, 0.1) is 5.69 Å². The summed E-state index contributed by atoms with van der Waals surface area (Å²) >= 11 is 0. The molecule has 3 nitrogen and oxygen atoms in total. The van der Waals surface area contributed by atoms with E-state index in [4.69, 9.17) is 0 Å². The summed E-state index contributed by atoms with van der Waals surface area (Å²) in [6.45, 7) is 5.97. The van der Waals surface area contributed by atoms with E-state index in [0.717, 1.165) is 0 Å². The monoisotopic (exact) mass is 246 g/mol. The molecule has 18 heavy (non-hydrogen) atoms. The van der Waals surface area contributed by atoms with E-state index < -0.39 is 0 Å². The van der Waals surface area contributed by atoms with Crippen LogP contribution in [0.4, 0.5) is 4.39 Å². The van der Waals surface area contributed by atoms with Gasteiger partial charge < -0.3 is 4.98 Å². The first kappa shape index (κ1) is 12.5. The highest BCUT2D eigenvalue weighted by Gasteiger charge is 2.17. The minimum absolute atomic E-state index is 0.200. The van der Waals surface area contributed by atoms with Gasteiger partial charge in [0, 0.05) is 17.0 Å². The summed E-state index contributed by atoms with van der Waals surface area (Å²) in [6, 6.07) is 7.38. The van der Waals surface area contributed by atoms with Gasteiger partial charge in [-0.25, -0.2) is 9.37 Å². The van der Waals surface area contributed by atoms with Crippen LogP contribution in [0, 0.1) is 5.82 Å². The van der Waals surface area contributed by atoms with Crippen LogP contribution in [0.15, 0.2) is 35.1 Å². The van der Waals surface area contributed by atoms with Crippen LogP contribution in [0.1, 0.15) is 26.5 Å². The van der Waals surface area contributed by atoms with Gasteiger partial charge >= 0.3 is 0 Å². The number of nitrogens with zero attached hydrogens (tertiary/aromatic N) is 1. The average molecular weight is 246 g/mol. The Labute approximate surface area is 105 Å². The van der Waals surface area contributed by atoms with Crippen LogP contribution in [0.3, 0.4) is 0 Å². The van der Waals surface area contributed by atoms with Crippen LogP contribution >= 0.6 is 0 Å². The van der Waals surface area contributed by atoms with Gasteiger partial charge in [0.25, 0.3) is 5.56 Å². The van der Waals surface area contributed by atoms with Crippen LogP contribution in [0.5, 0.6) is 0 Å². The predicted octanol–water partition coefficient (Wildman–Crippen LogP) is 2.87. The molecular weight excluding hydrogens is 231 g/mol. The molecular formula is C14H15FN2O. The molecule has 1 N–H and O–H groups in total. The molecule has 2 rings (SSSR count). The Bertz CT molecular complexity index is 609. The Balaban J connectivity index is 2.55. The molecule has 1 heterocycles. The van der Waals surface area contributed by atoms with Gasteiger partial charge in [-0.15, -0.1) is 0 Å². The molecule has 0 bridgehead atoms. The summed E-state index contributed by atoms with van der Waals surface area (Å²) in [5, 5.41) is 0. The molecule has 4 heteroatoms. The van der Waals surface area contributed by atoms with Crippen molar-refractivity contribution in [2.24, 2.45) is 0 Å². The lowest BCUT2D eigenvalue weighted by molar-refractivity contribution is 0.566. The number of nitrogens with one attached hydrogen (secondary N) is 1. The summed E-state index contributed by atoms with van der Waals surface area (Å²) < 4.78 is 12.9. The Morgan fingerprint density at radius 1 is 1.17 bits per heavy atom. The molecule has 0 unspecified atom stereocenters. The summed E-state index contributed by atoms with van der Waals surface area (Å²) in [6.07, 6.45) is 0. The molecule has 0 aliphatic carbocycles. The van der Waals surface area contributed by atoms with E-state index in [9.17, 15) is 9.18 Å². The standard InChI is InChI=1S/C14H15FN2O/c1-14(2,3)11-8-12(18)17-13(16-11)9-4-6-10(15)7-5-9/h4-8H,1-3H3,(H,16,17,18). The van der Waals surface area contributed by atoms with E-state index in [1.807, 2.05) is 20.8 Å². The van der Waals surface area contributed by atoms with Crippen LogP contribution in [-0.2, 0) is 5.41 Å². The minimum atomic E-state index is -0.312. The lowest BCUT2D eigenvalue weighted by atomic mass is 9.92. The first-order valence-electron chi connectivity index (χ1n) is 5.74. The number of rotatable bonds is 1. The van der Waals surface area contributed by atoms with Crippen LogP contribution in [0.25, 0.3) is 11.4 Å². The SMILES string of the molecule is CC(C)(C)c1cc(=O)[nH]c(-c2ccc(F)cc2)n1. The van der Waals surface area contributed by atoms with E-state index >= 15 is 0 Å². The van der Waals surface area contributed by atoms with Crippen molar-refractivity contribution in [3.8, 4) is 11.4 Å². The average Bonchev–Trinajstić information content (AvgIpc) is 2.28. The third-order valence-electron chi connectivity index (χ3n) is 2.63. The summed E-state index contributed by atoms with van der Waals surface area (Å²) in [5.74, 6) is 0.153. The van der Waals surface area contributed by atoms with Crippen molar-refractivity contribution in [1.29, 1.82) is 0 Å². The van der Waals surface area contributed by atoms with Gasteiger partial charge in [-0.2, -0.15) is 0 Å². The van der Waals surface area contributed by atoms with Gasteiger partial charge in [0.1, 0.15) is 11.6 Å². The molecule has 0 aliphatic rings. The molecule has 0 saturated carbocycles. The van der Waals surface area contributed by atoms with Crippen LogP contribution in [-0.4, -0.2) is 9.97 Å². The Kier molecular flexibility index (Phi) is 3.03. The van der Waals surface area contributed by atoms with Crippen molar-refractivity contribution < 1.29 is 4.39 Å². The highest BCUT2D eigenvalue weighted by Crippen LogP contribution is 2.21. The van der Waals surface area contributed by atoms with Gasteiger partial charge in [-0.1, -0.05) is 20.8 Å². The predicted molar refractivity (Wildman–Crippen MR) is 69.0 cm³/mol. The molecule has 2 aromatic rings. The molecule has 0 aliphatic heterocycles. The van der Waals surface area contributed by atoms with Crippen molar-refractivity contribution >= 4 is 0 Å².